The molecule has 0 unspecified atom stereocenters. The van der Waals surface area contributed by atoms with Gasteiger partial charge in [0.15, 0.2) is 11.5 Å². The molecule has 0 spiro atoms. The Kier molecular flexibility index (Phi) is 5.24. The number of rotatable bonds is 4. The van der Waals surface area contributed by atoms with Gasteiger partial charge in [0.05, 0.1) is 23.3 Å². The average Bonchev–Trinajstić information content (AvgIpc) is 3.10. The number of nitrogens with zero attached hydrogens (tertiary/aromatic N) is 4. The first-order chi connectivity index (χ1) is 14.8. The molecule has 0 aliphatic rings. The van der Waals surface area contributed by atoms with Crippen molar-refractivity contribution in [2.45, 2.75) is 32.9 Å². The first-order valence-corrected chi connectivity index (χ1v) is 9.76. The summed E-state index contributed by atoms with van der Waals surface area (Å²) >= 11 is 0. The van der Waals surface area contributed by atoms with Crippen LogP contribution in [0.15, 0.2) is 54.9 Å². The molecule has 0 atom stereocenters. The highest BCUT2D eigenvalue weighted by molar-refractivity contribution is 5.96. The lowest BCUT2D eigenvalue weighted by atomic mass is 10.2. The van der Waals surface area contributed by atoms with Crippen LogP contribution in [0.1, 0.15) is 37.0 Å². The predicted molar refractivity (Wildman–Crippen MR) is 116 cm³/mol. The van der Waals surface area contributed by atoms with Crippen LogP contribution in [0.25, 0.3) is 16.7 Å². The van der Waals surface area contributed by atoms with E-state index in [9.17, 15) is 9.59 Å². The second kappa shape index (κ2) is 8.02. The molecule has 2 N–H and O–H groups in total. The maximum absolute atomic E-state index is 12.8. The number of ether oxygens (including phenoxy) is 1. The molecular weight excluding hydrogens is 396 g/mol. The maximum atomic E-state index is 12.8. The molecule has 9 nitrogen and oxygen atoms in total. The number of benzene rings is 1. The summed E-state index contributed by atoms with van der Waals surface area (Å²) in [6.07, 6.45) is 2.57. The zero-order valence-corrected chi connectivity index (χ0v) is 17.4. The van der Waals surface area contributed by atoms with E-state index in [4.69, 9.17) is 4.74 Å². The van der Waals surface area contributed by atoms with Crippen molar-refractivity contribution in [1.29, 1.82) is 0 Å². The van der Waals surface area contributed by atoms with Crippen molar-refractivity contribution in [3.63, 3.8) is 0 Å². The molecule has 158 valence electrons. The van der Waals surface area contributed by atoms with Gasteiger partial charge in [-0.25, -0.2) is 14.8 Å². The van der Waals surface area contributed by atoms with Gasteiger partial charge in [0, 0.05) is 12.4 Å². The van der Waals surface area contributed by atoms with Crippen LogP contribution < -0.4 is 10.6 Å². The van der Waals surface area contributed by atoms with Crippen molar-refractivity contribution in [3.05, 3.63) is 66.2 Å². The Morgan fingerprint density at radius 1 is 1.06 bits per heavy atom. The number of aromatic nitrogens is 4. The molecule has 0 saturated heterocycles. The number of carbonyl (C=O) groups excluding carboxylic acids is 2. The Balaban J connectivity index is 1.70. The molecule has 31 heavy (non-hydrogen) atoms. The van der Waals surface area contributed by atoms with Crippen LogP contribution in [0.2, 0.25) is 0 Å². The van der Waals surface area contributed by atoms with Crippen molar-refractivity contribution in [2.24, 2.45) is 0 Å². The summed E-state index contributed by atoms with van der Waals surface area (Å²) < 4.78 is 7.06. The highest BCUT2D eigenvalue weighted by Gasteiger charge is 2.21. The first-order valence-electron chi connectivity index (χ1n) is 9.76. The molecule has 0 bridgehead atoms. The largest absolute Gasteiger partial charge is 0.444 e. The van der Waals surface area contributed by atoms with Crippen LogP contribution >= 0.6 is 0 Å². The predicted octanol–water partition coefficient (Wildman–Crippen LogP) is 3.55. The highest BCUT2D eigenvalue weighted by Crippen LogP contribution is 2.22. The van der Waals surface area contributed by atoms with Crippen LogP contribution in [0.3, 0.4) is 0 Å². The Morgan fingerprint density at radius 2 is 1.84 bits per heavy atom. The average molecular weight is 418 g/mol. The number of para-hydroxylation sites is 2. The molecule has 0 fully saturated rings. The zero-order valence-electron chi connectivity index (χ0n) is 17.4. The van der Waals surface area contributed by atoms with Crippen molar-refractivity contribution in [1.82, 2.24) is 24.7 Å². The molecular formula is C22H22N6O3. The molecule has 0 saturated carbocycles. The first kappa shape index (κ1) is 20.3. The minimum Gasteiger partial charge on any atom is -0.444 e. The van der Waals surface area contributed by atoms with Crippen molar-refractivity contribution >= 4 is 34.5 Å². The van der Waals surface area contributed by atoms with E-state index in [-0.39, 0.29) is 18.1 Å². The molecule has 1 aromatic carbocycles. The van der Waals surface area contributed by atoms with Gasteiger partial charge < -0.3 is 10.1 Å². The fourth-order valence-electron chi connectivity index (χ4n) is 3.02. The van der Waals surface area contributed by atoms with E-state index in [1.165, 1.54) is 0 Å². The summed E-state index contributed by atoms with van der Waals surface area (Å²) in [5, 5.41) is 5.42. The standard InChI is InChI=1S/C22H22N6O3/c1-22(2,3)31-21(30)27-18-19-26-15-9-4-5-10-17(15)28(19)13-16(25-18)20(29)24-12-14-8-6-7-11-23-14/h4-11,13H,12H2,1-3H3,(H,24,29)(H,25,27,30). The lowest BCUT2D eigenvalue weighted by molar-refractivity contribution is 0.0635. The van der Waals surface area contributed by atoms with Gasteiger partial charge in [-0.2, -0.15) is 0 Å². The fraction of sp³-hybridized carbons (Fsp3) is 0.227. The summed E-state index contributed by atoms with van der Waals surface area (Å²) in [6.45, 7) is 5.54. The second-order valence-electron chi connectivity index (χ2n) is 7.90. The molecule has 3 aromatic heterocycles. The molecule has 4 aromatic rings. The van der Waals surface area contributed by atoms with Crippen molar-refractivity contribution < 1.29 is 14.3 Å². The van der Waals surface area contributed by atoms with Crippen molar-refractivity contribution in [2.75, 3.05) is 5.32 Å². The zero-order chi connectivity index (χ0) is 22.0. The third-order valence-corrected chi connectivity index (χ3v) is 4.30. The summed E-state index contributed by atoms with van der Waals surface area (Å²) in [5.74, 6) is -0.270. The van der Waals surface area contributed by atoms with Gasteiger partial charge >= 0.3 is 6.09 Å². The Morgan fingerprint density at radius 3 is 2.58 bits per heavy atom. The third-order valence-electron chi connectivity index (χ3n) is 4.30. The van der Waals surface area contributed by atoms with E-state index in [1.807, 2.05) is 36.4 Å². The SMILES string of the molecule is CC(C)(C)OC(=O)Nc1nc(C(=O)NCc2ccccn2)cn2c1nc1ccccc12. The summed E-state index contributed by atoms with van der Waals surface area (Å²) in [4.78, 5) is 38.3. The number of carbonyl (C=O) groups is 2. The van der Waals surface area contributed by atoms with E-state index in [0.29, 0.717) is 11.2 Å². The number of hydrogen-bond acceptors (Lipinski definition) is 6. The van der Waals surface area contributed by atoms with Gasteiger partial charge in [-0.05, 0) is 45.0 Å². The number of fused-ring (bicyclic) bond motifs is 3. The molecule has 3 heterocycles. The van der Waals surface area contributed by atoms with E-state index in [0.717, 1.165) is 11.2 Å². The summed E-state index contributed by atoms with van der Waals surface area (Å²) in [5.41, 5.74) is 2.06. The van der Waals surface area contributed by atoms with E-state index < -0.39 is 17.6 Å². The van der Waals surface area contributed by atoms with Gasteiger partial charge in [0.1, 0.15) is 11.3 Å². The second-order valence-corrected chi connectivity index (χ2v) is 7.90. The van der Waals surface area contributed by atoms with Crippen LogP contribution in [0.4, 0.5) is 10.6 Å². The minimum absolute atomic E-state index is 0.123. The van der Waals surface area contributed by atoms with Crippen LogP contribution in [-0.2, 0) is 11.3 Å². The molecule has 0 radical (unpaired) electrons. The number of hydrogen-bond donors (Lipinski definition) is 2. The molecule has 0 aliphatic heterocycles. The number of nitrogens with one attached hydrogen (secondary N) is 2. The topological polar surface area (TPSA) is 111 Å². The lowest BCUT2D eigenvalue weighted by Crippen LogP contribution is -2.29. The van der Waals surface area contributed by atoms with Gasteiger partial charge in [-0.15, -0.1) is 0 Å². The smallest absolute Gasteiger partial charge is 0.413 e. The van der Waals surface area contributed by atoms with Crippen LogP contribution in [0, 0.1) is 0 Å². The Labute approximate surface area is 178 Å². The Bertz CT molecular complexity index is 1260. The molecule has 9 heteroatoms. The maximum Gasteiger partial charge on any atom is 0.413 e. The molecule has 0 aliphatic carbocycles. The third kappa shape index (κ3) is 4.61. The number of anilines is 1. The van der Waals surface area contributed by atoms with Gasteiger partial charge in [-0.1, -0.05) is 18.2 Å². The number of imidazole rings is 1. The Hall–Kier alpha value is -4.01. The molecule has 2 amide bonds. The van der Waals surface area contributed by atoms with E-state index >= 15 is 0 Å². The van der Waals surface area contributed by atoms with Crippen LogP contribution in [0.5, 0.6) is 0 Å². The monoisotopic (exact) mass is 418 g/mol. The number of amides is 2. The summed E-state index contributed by atoms with van der Waals surface area (Å²) in [7, 11) is 0. The van der Waals surface area contributed by atoms with Gasteiger partial charge in [-0.3, -0.25) is 19.5 Å². The normalized spacial score (nSPS) is 11.5. The van der Waals surface area contributed by atoms with E-state index in [1.54, 1.807) is 43.6 Å². The lowest BCUT2D eigenvalue weighted by Gasteiger charge is -2.19. The number of pyridine rings is 1. The van der Waals surface area contributed by atoms with Crippen molar-refractivity contribution in [3.8, 4) is 0 Å². The van der Waals surface area contributed by atoms with Gasteiger partial charge in [0.25, 0.3) is 5.91 Å². The quantitative estimate of drug-likeness (QED) is 0.524. The van der Waals surface area contributed by atoms with Crippen LogP contribution in [-0.4, -0.2) is 37.0 Å². The summed E-state index contributed by atoms with van der Waals surface area (Å²) in [6, 6.07) is 12.9. The minimum atomic E-state index is -0.682. The van der Waals surface area contributed by atoms with Gasteiger partial charge in [0.2, 0.25) is 0 Å². The molecule has 4 rings (SSSR count). The van der Waals surface area contributed by atoms with E-state index in [2.05, 4.69) is 25.6 Å². The highest BCUT2D eigenvalue weighted by atomic mass is 16.6. The fourth-order valence-corrected chi connectivity index (χ4v) is 3.02.